The van der Waals surface area contributed by atoms with Crippen molar-refractivity contribution in [3.05, 3.63) is 23.8 Å². The van der Waals surface area contributed by atoms with Gasteiger partial charge in [0, 0.05) is 37.7 Å². The lowest BCUT2D eigenvalue weighted by Gasteiger charge is -2.23. The summed E-state index contributed by atoms with van der Waals surface area (Å²) in [6, 6.07) is 5.17. The molecule has 0 saturated carbocycles. The summed E-state index contributed by atoms with van der Waals surface area (Å²) in [6.45, 7) is 3.53. The third kappa shape index (κ3) is 4.49. The number of rotatable bonds is 5. The highest BCUT2D eigenvalue weighted by atomic mass is 16.5. The quantitative estimate of drug-likeness (QED) is 0.838. The number of likely N-dealkylation sites (tertiary alicyclic amines) is 1. The predicted molar refractivity (Wildman–Crippen MR) is 94.0 cm³/mol. The van der Waals surface area contributed by atoms with E-state index in [0.29, 0.717) is 36.6 Å². The molecule has 3 rings (SSSR count). The Morgan fingerprint density at radius 1 is 1.36 bits per heavy atom. The summed E-state index contributed by atoms with van der Waals surface area (Å²) in [5, 5.41) is 6.12. The molecule has 2 fully saturated rings. The summed E-state index contributed by atoms with van der Waals surface area (Å²) in [6.07, 6.45) is 2.40. The number of nitrogens with zero attached hydrogens (tertiary/aromatic N) is 1. The van der Waals surface area contributed by atoms with Crippen LogP contribution in [0.15, 0.2) is 18.2 Å². The summed E-state index contributed by atoms with van der Waals surface area (Å²) >= 11 is 0. The van der Waals surface area contributed by atoms with Crippen LogP contribution >= 0.6 is 0 Å². The van der Waals surface area contributed by atoms with Gasteiger partial charge in [-0.25, -0.2) is 0 Å². The Bertz CT molecular complexity index is 623. The van der Waals surface area contributed by atoms with E-state index in [-0.39, 0.29) is 17.9 Å². The zero-order chi connectivity index (χ0) is 17.6. The van der Waals surface area contributed by atoms with Crippen molar-refractivity contribution in [2.75, 3.05) is 45.3 Å². The van der Waals surface area contributed by atoms with E-state index in [1.807, 2.05) is 4.90 Å². The van der Waals surface area contributed by atoms with Gasteiger partial charge >= 0.3 is 0 Å². The normalized spacial score (nSPS) is 20.4. The molecular formula is C18H25N3O4. The standard InChI is InChI=1S/C18H25N3O4/c1-24-16-5-4-13(18(23)21-7-2-3-8-21)10-15(16)20-17(22)11-14-12-25-9-6-19-14/h4-5,10,14,19H,2-3,6-9,11-12H2,1H3,(H,20,22). The van der Waals surface area contributed by atoms with Gasteiger partial charge in [0.25, 0.3) is 5.91 Å². The van der Waals surface area contributed by atoms with Crippen molar-refractivity contribution in [2.45, 2.75) is 25.3 Å². The highest BCUT2D eigenvalue weighted by molar-refractivity contribution is 5.98. The van der Waals surface area contributed by atoms with E-state index in [1.165, 1.54) is 0 Å². The van der Waals surface area contributed by atoms with E-state index in [0.717, 1.165) is 32.5 Å². The summed E-state index contributed by atoms with van der Waals surface area (Å²) < 4.78 is 10.7. The van der Waals surface area contributed by atoms with E-state index in [1.54, 1.807) is 25.3 Å². The van der Waals surface area contributed by atoms with E-state index in [4.69, 9.17) is 9.47 Å². The fourth-order valence-corrected chi connectivity index (χ4v) is 3.22. The second-order valence-electron chi connectivity index (χ2n) is 6.39. The molecule has 7 heteroatoms. The Labute approximate surface area is 147 Å². The molecule has 0 bridgehead atoms. The largest absolute Gasteiger partial charge is 0.495 e. The molecule has 25 heavy (non-hydrogen) atoms. The summed E-state index contributed by atoms with van der Waals surface area (Å²) in [5.41, 5.74) is 1.09. The van der Waals surface area contributed by atoms with Crippen molar-refractivity contribution >= 4 is 17.5 Å². The summed E-state index contributed by atoms with van der Waals surface area (Å²) in [5.74, 6) is 0.407. The first-order valence-corrected chi connectivity index (χ1v) is 8.75. The Morgan fingerprint density at radius 3 is 2.84 bits per heavy atom. The number of carbonyl (C=O) groups is 2. The first-order valence-electron chi connectivity index (χ1n) is 8.75. The van der Waals surface area contributed by atoms with Crippen LogP contribution in [-0.2, 0) is 9.53 Å². The third-order valence-electron chi connectivity index (χ3n) is 4.54. The van der Waals surface area contributed by atoms with Gasteiger partial charge in [-0.2, -0.15) is 0 Å². The Morgan fingerprint density at radius 2 is 2.16 bits per heavy atom. The molecule has 2 N–H and O–H groups in total. The lowest BCUT2D eigenvalue weighted by Crippen LogP contribution is -2.43. The third-order valence-corrected chi connectivity index (χ3v) is 4.54. The van der Waals surface area contributed by atoms with Crippen LogP contribution < -0.4 is 15.4 Å². The van der Waals surface area contributed by atoms with Gasteiger partial charge in [0.15, 0.2) is 0 Å². The molecule has 136 valence electrons. The molecule has 7 nitrogen and oxygen atoms in total. The molecule has 1 unspecified atom stereocenters. The molecule has 0 spiro atoms. The molecule has 2 aliphatic rings. The molecule has 2 heterocycles. The summed E-state index contributed by atoms with van der Waals surface area (Å²) in [4.78, 5) is 26.7. The van der Waals surface area contributed by atoms with Gasteiger partial charge in [-0.05, 0) is 31.0 Å². The van der Waals surface area contributed by atoms with Crippen molar-refractivity contribution in [3.8, 4) is 5.75 Å². The van der Waals surface area contributed by atoms with Gasteiger partial charge in [0.1, 0.15) is 5.75 Å². The average Bonchev–Trinajstić information content (AvgIpc) is 3.16. The monoisotopic (exact) mass is 347 g/mol. The molecule has 0 aliphatic carbocycles. The van der Waals surface area contributed by atoms with E-state index in [9.17, 15) is 9.59 Å². The van der Waals surface area contributed by atoms with Crippen LogP contribution in [0.25, 0.3) is 0 Å². The second-order valence-corrected chi connectivity index (χ2v) is 6.39. The second kappa shape index (κ2) is 8.31. The van der Waals surface area contributed by atoms with Gasteiger partial charge in [0.2, 0.25) is 5.91 Å². The Hall–Kier alpha value is -2.12. The Balaban J connectivity index is 1.68. The number of ether oxygens (including phenoxy) is 2. The zero-order valence-corrected chi connectivity index (χ0v) is 14.5. The SMILES string of the molecule is COc1ccc(C(=O)N2CCCC2)cc1NC(=O)CC1COCCN1. The fraction of sp³-hybridized carbons (Fsp3) is 0.556. The van der Waals surface area contributed by atoms with Gasteiger partial charge in [0.05, 0.1) is 26.0 Å². The average molecular weight is 347 g/mol. The zero-order valence-electron chi connectivity index (χ0n) is 14.5. The number of hydrogen-bond donors (Lipinski definition) is 2. The van der Waals surface area contributed by atoms with Crippen LogP contribution in [0.5, 0.6) is 5.75 Å². The van der Waals surface area contributed by atoms with Gasteiger partial charge in [-0.3, -0.25) is 9.59 Å². The first-order chi connectivity index (χ1) is 12.2. The highest BCUT2D eigenvalue weighted by Gasteiger charge is 2.22. The molecule has 1 aromatic rings. The molecular weight excluding hydrogens is 322 g/mol. The minimum Gasteiger partial charge on any atom is -0.495 e. The topological polar surface area (TPSA) is 79.9 Å². The first kappa shape index (κ1) is 17.7. The fourth-order valence-electron chi connectivity index (χ4n) is 3.22. The maximum absolute atomic E-state index is 12.5. The van der Waals surface area contributed by atoms with Gasteiger partial charge < -0.3 is 25.0 Å². The Kier molecular flexibility index (Phi) is 5.88. The molecule has 1 aromatic carbocycles. The van der Waals surface area contributed by atoms with Crippen molar-refractivity contribution in [2.24, 2.45) is 0 Å². The minimum absolute atomic E-state index is 0.00185. The van der Waals surface area contributed by atoms with E-state index >= 15 is 0 Å². The summed E-state index contributed by atoms with van der Waals surface area (Å²) in [7, 11) is 1.55. The number of morpholine rings is 1. The minimum atomic E-state index is -0.132. The van der Waals surface area contributed by atoms with Crippen molar-refractivity contribution < 1.29 is 19.1 Å². The molecule has 2 aliphatic heterocycles. The van der Waals surface area contributed by atoms with Crippen LogP contribution in [0.3, 0.4) is 0 Å². The number of methoxy groups -OCH3 is 1. The lowest BCUT2D eigenvalue weighted by molar-refractivity contribution is -0.117. The van der Waals surface area contributed by atoms with Crippen molar-refractivity contribution in [3.63, 3.8) is 0 Å². The van der Waals surface area contributed by atoms with Gasteiger partial charge in [-0.15, -0.1) is 0 Å². The molecule has 0 aromatic heterocycles. The number of anilines is 1. The van der Waals surface area contributed by atoms with Gasteiger partial charge in [-0.1, -0.05) is 0 Å². The highest BCUT2D eigenvalue weighted by Crippen LogP contribution is 2.27. The molecule has 2 saturated heterocycles. The van der Waals surface area contributed by atoms with Crippen molar-refractivity contribution in [1.82, 2.24) is 10.2 Å². The molecule has 1 atom stereocenters. The number of nitrogens with one attached hydrogen (secondary N) is 2. The van der Waals surface area contributed by atoms with Crippen LogP contribution in [0.4, 0.5) is 5.69 Å². The molecule has 0 radical (unpaired) electrons. The van der Waals surface area contributed by atoms with Crippen LogP contribution in [-0.4, -0.2) is 62.7 Å². The molecule has 2 amide bonds. The number of hydrogen-bond acceptors (Lipinski definition) is 5. The number of amides is 2. The smallest absolute Gasteiger partial charge is 0.253 e. The van der Waals surface area contributed by atoms with Crippen LogP contribution in [0.1, 0.15) is 29.6 Å². The lowest BCUT2D eigenvalue weighted by atomic mass is 10.1. The van der Waals surface area contributed by atoms with Crippen molar-refractivity contribution in [1.29, 1.82) is 0 Å². The number of carbonyl (C=O) groups excluding carboxylic acids is 2. The van der Waals surface area contributed by atoms with E-state index in [2.05, 4.69) is 10.6 Å². The predicted octanol–water partition coefficient (Wildman–Crippen LogP) is 1.25. The van der Waals surface area contributed by atoms with Crippen LogP contribution in [0, 0.1) is 0 Å². The van der Waals surface area contributed by atoms with Crippen LogP contribution in [0.2, 0.25) is 0 Å². The maximum atomic E-state index is 12.5. The van der Waals surface area contributed by atoms with E-state index < -0.39 is 0 Å². The number of benzene rings is 1. The maximum Gasteiger partial charge on any atom is 0.253 e.